The average Bonchev–Trinajstić information content (AvgIpc) is 3.42. The third kappa shape index (κ3) is 4.61. The summed E-state index contributed by atoms with van der Waals surface area (Å²) in [7, 11) is 0. The summed E-state index contributed by atoms with van der Waals surface area (Å²) in [6, 6.07) is 14.9. The number of amides is 1. The van der Waals surface area contributed by atoms with Gasteiger partial charge in [-0.3, -0.25) is 14.6 Å². The van der Waals surface area contributed by atoms with Crippen LogP contribution in [0.1, 0.15) is 30.2 Å². The largest absolute Gasteiger partial charge is 0.447 e. The Hall–Kier alpha value is -3.06. The van der Waals surface area contributed by atoms with E-state index >= 15 is 0 Å². The van der Waals surface area contributed by atoms with Crippen molar-refractivity contribution in [1.82, 2.24) is 15.3 Å². The first-order valence-electron chi connectivity index (χ1n) is 9.09. The molecular weight excluding hydrogens is 374 g/mol. The van der Waals surface area contributed by atoms with Crippen LogP contribution in [0.2, 0.25) is 0 Å². The highest BCUT2D eigenvalue weighted by molar-refractivity contribution is 7.13. The minimum Gasteiger partial charge on any atom is -0.447 e. The predicted molar refractivity (Wildman–Crippen MR) is 105 cm³/mol. The summed E-state index contributed by atoms with van der Waals surface area (Å²) >= 11 is 1.42. The van der Waals surface area contributed by atoms with Crippen LogP contribution < -0.4 is 5.32 Å². The van der Waals surface area contributed by atoms with E-state index in [1.165, 1.54) is 11.3 Å². The number of thiazole rings is 1. The Morgan fingerprint density at radius 1 is 1.14 bits per heavy atom. The zero-order valence-electron chi connectivity index (χ0n) is 15.1. The van der Waals surface area contributed by atoms with Crippen LogP contribution in [-0.4, -0.2) is 27.9 Å². The van der Waals surface area contributed by atoms with Crippen molar-refractivity contribution in [2.45, 2.75) is 31.4 Å². The molecule has 2 heterocycles. The van der Waals surface area contributed by atoms with Crippen molar-refractivity contribution in [2.24, 2.45) is 0 Å². The monoisotopic (exact) mass is 393 g/mol. The number of nitrogens with zero attached hydrogens (tertiary/aromatic N) is 2. The Kier molecular flexibility index (Phi) is 5.43. The van der Waals surface area contributed by atoms with Crippen molar-refractivity contribution in [2.75, 3.05) is 0 Å². The Morgan fingerprint density at radius 3 is 2.64 bits per heavy atom. The van der Waals surface area contributed by atoms with E-state index in [4.69, 9.17) is 4.74 Å². The van der Waals surface area contributed by atoms with E-state index in [2.05, 4.69) is 15.3 Å². The second-order valence-electron chi connectivity index (χ2n) is 6.60. The lowest BCUT2D eigenvalue weighted by atomic mass is 10.1. The molecule has 1 aliphatic carbocycles. The zero-order chi connectivity index (χ0) is 19.3. The average molecular weight is 393 g/mol. The molecular formula is C21H19N3O3S. The van der Waals surface area contributed by atoms with Crippen molar-refractivity contribution in [3.05, 3.63) is 71.4 Å². The van der Waals surface area contributed by atoms with Crippen LogP contribution in [0.25, 0.3) is 10.7 Å². The number of hydrogen-bond donors (Lipinski definition) is 1. The van der Waals surface area contributed by atoms with E-state index in [0.29, 0.717) is 11.3 Å². The van der Waals surface area contributed by atoms with Crippen molar-refractivity contribution >= 4 is 23.2 Å². The predicted octanol–water partition coefficient (Wildman–Crippen LogP) is 3.31. The van der Waals surface area contributed by atoms with Gasteiger partial charge >= 0.3 is 5.97 Å². The highest BCUT2D eigenvalue weighted by Crippen LogP contribution is 2.25. The van der Waals surface area contributed by atoms with Gasteiger partial charge in [0.15, 0.2) is 0 Å². The van der Waals surface area contributed by atoms with Crippen LogP contribution in [0, 0.1) is 0 Å². The van der Waals surface area contributed by atoms with Crippen LogP contribution in [0.5, 0.6) is 0 Å². The van der Waals surface area contributed by atoms with Crippen LogP contribution in [0.4, 0.5) is 0 Å². The molecule has 6 nitrogen and oxygen atoms in total. The number of carbonyl (C=O) groups is 2. The number of benzene rings is 1. The molecule has 0 radical (unpaired) electrons. The van der Waals surface area contributed by atoms with Gasteiger partial charge in [-0.25, -0.2) is 4.98 Å². The normalized spacial score (nSPS) is 14.3. The first kappa shape index (κ1) is 18.3. The zero-order valence-corrected chi connectivity index (χ0v) is 15.9. The minimum absolute atomic E-state index is 0.00335. The molecule has 1 amide bonds. The van der Waals surface area contributed by atoms with E-state index in [0.717, 1.165) is 23.5 Å². The molecule has 0 aliphatic heterocycles. The topological polar surface area (TPSA) is 81.2 Å². The number of nitrogens with one attached hydrogen (secondary N) is 1. The fraction of sp³-hybridized carbons (Fsp3) is 0.238. The van der Waals surface area contributed by atoms with Gasteiger partial charge in [0.05, 0.1) is 17.8 Å². The molecule has 142 valence electrons. The second-order valence-corrected chi connectivity index (χ2v) is 7.46. The van der Waals surface area contributed by atoms with Crippen LogP contribution >= 0.6 is 11.3 Å². The maximum Gasteiger partial charge on any atom is 0.313 e. The molecule has 1 atom stereocenters. The lowest BCUT2D eigenvalue weighted by Gasteiger charge is -2.17. The Bertz CT molecular complexity index is 955. The fourth-order valence-electron chi connectivity index (χ4n) is 2.72. The number of esters is 1. The molecule has 3 aromatic rings. The van der Waals surface area contributed by atoms with Crippen molar-refractivity contribution < 1.29 is 14.3 Å². The quantitative estimate of drug-likeness (QED) is 0.623. The Balaban J connectivity index is 1.44. The third-order valence-corrected chi connectivity index (χ3v) is 5.19. The molecule has 0 spiro atoms. The molecule has 1 aliphatic rings. The van der Waals surface area contributed by atoms with E-state index < -0.39 is 12.1 Å². The lowest BCUT2D eigenvalue weighted by molar-refractivity contribution is -0.156. The molecule has 1 N–H and O–H groups in total. The van der Waals surface area contributed by atoms with E-state index in [1.807, 2.05) is 41.8 Å². The smallest absolute Gasteiger partial charge is 0.313 e. The molecule has 1 saturated carbocycles. The Morgan fingerprint density at radius 2 is 1.93 bits per heavy atom. The van der Waals surface area contributed by atoms with Crippen molar-refractivity contribution in [1.29, 1.82) is 0 Å². The van der Waals surface area contributed by atoms with Crippen LogP contribution in [0.3, 0.4) is 0 Å². The lowest BCUT2D eigenvalue weighted by Crippen LogP contribution is -2.33. The van der Waals surface area contributed by atoms with Gasteiger partial charge < -0.3 is 10.1 Å². The summed E-state index contributed by atoms with van der Waals surface area (Å²) in [5.74, 6) is -0.771. The molecule has 4 rings (SSSR count). The van der Waals surface area contributed by atoms with Crippen LogP contribution in [-0.2, 0) is 20.7 Å². The van der Waals surface area contributed by atoms with E-state index in [-0.39, 0.29) is 18.4 Å². The molecule has 7 heteroatoms. The summed E-state index contributed by atoms with van der Waals surface area (Å²) in [5, 5.41) is 5.47. The number of carbonyl (C=O) groups excluding carboxylic acids is 2. The number of aromatic nitrogens is 2. The van der Waals surface area contributed by atoms with Gasteiger partial charge in [-0.1, -0.05) is 36.4 Å². The van der Waals surface area contributed by atoms with Gasteiger partial charge in [-0.05, 0) is 25.0 Å². The molecule has 1 aromatic carbocycles. The second kappa shape index (κ2) is 8.31. The SMILES string of the molecule is O=C(Cc1csc(-c2ccccn2)n1)OC(C(=O)NC1CC1)c1ccccc1. The molecule has 2 aromatic heterocycles. The van der Waals surface area contributed by atoms with Crippen molar-refractivity contribution in [3.8, 4) is 10.7 Å². The van der Waals surface area contributed by atoms with E-state index in [1.54, 1.807) is 18.3 Å². The first-order valence-corrected chi connectivity index (χ1v) is 9.97. The molecule has 28 heavy (non-hydrogen) atoms. The molecule has 1 fully saturated rings. The summed E-state index contributed by atoms with van der Waals surface area (Å²) in [4.78, 5) is 33.8. The summed E-state index contributed by atoms with van der Waals surface area (Å²) < 4.78 is 5.54. The fourth-order valence-corrected chi connectivity index (χ4v) is 3.52. The highest BCUT2D eigenvalue weighted by Gasteiger charge is 2.30. The van der Waals surface area contributed by atoms with Gasteiger partial charge in [-0.15, -0.1) is 11.3 Å². The summed E-state index contributed by atoms with van der Waals surface area (Å²) in [5.41, 5.74) is 2.02. The molecule has 0 bridgehead atoms. The first-order chi connectivity index (χ1) is 13.7. The standard InChI is InChI=1S/C21H19N3O3S/c25-18(12-16-13-28-21(24-16)17-8-4-5-11-22-17)27-19(14-6-2-1-3-7-14)20(26)23-15-9-10-15/h1-8,11,13,15,19H,9-10,12H2,(H,23,26). The summed E-state index contributed by atoms with van der Waals surface area (Å²) in [6.45, 7) is 0. The summed E-state index contributed by atoms with van der Waals surface area (Å²) in [6.07, 6.45) is 2.69. The van der Waals surface area contributed by atoms with Gasteiger partial charge in [0.1, 0.15) is 5.01 Å². The molecule has 0 saturated heterocycles. The minimum atomic E-state index is -0.955. The third-order valence-electron chi connectivity index (χ3n) is 4.27. The maximum atomic E-state index is 12.6. The van der Waals surface area contributed by atoms with Gasteiger partial charge in [0, 0.05) is 23.2 Å². The van der Waals surface area contributed by atoms with E-state index in [9.17, 15) is 9.59 Å². The number of ether oxygens (including phenoxy) is 1. The number of pyridine rings is 1. The van der Waals surface area contributed by atoms with Gasteiger partial charge in [0.25, 0.3) is 5.91 Å². The van der Waals surface area contributed by atoms with Crippen LogP contribution in [0.15, 0.2) is 60.1 Å². The molecule has 1 unspecified atom stereocenters. The maximum absolute atomic E-state index is 12.6. The Labute approximate surface area is 166 Å². The number of rotatable bonds is 7. The van der Waals surface area contributed by atoms with Crippen molar-refractivity contribution in [3.63, 3.8) is 0 Å². The van der Waals surface area contributed by atoms with Gasteiger partial charge in [-0.2, -0.15) is 0 Å². The number of hydrogen-bond acceptors (Lipinski definition) is 6. The van der Waals surface area contributed by atoms with Gasteiger partial charge in [0.2, 0.25) is 6.10 Å². The highest BCUT2D eigenvalue weighted by atomic mass is 32.1.